The van der Waals surface area contributed by atoms with Gasteiger partial charge in [0.25, 0.3) is 5.91 Å². The second-order valence-electron chi connectivity index (χ2n) is 6.80. The summed E-state index contributed by atoms with van der Waals surface area (Å²) in [5.41, 5.74) is 4.24. The van der Waals surface area contributed by atoms with Gasteiger partial charge in [-0.25, -0.2) is 4.98 Å². The Morgan fingerprint density at radius 3 is 2.57 bits per heavy atom. The van der Waals surface area contributed by atoms with Crippen LogP contribution < -0.4 is 10.1 Å². The van der Waals surface area contributed by atoms with E-state index in [1.807, 2.05) is 79.7 Å². The Hall–Kier alpha value is -3.15. The molecule has 4 aromatic rings. The number of rotatable bonds is 6. The first kappa shape index (κ1) is 20.1. The summed E-state index contributed by atoms with van der Waals surface area (Å²) in [4.78, 5) is 17.0. The topological polar surface area (TPSA) is 51.2 Å². The van der Waals surface area contributed by atoms with Crippen LogP contribution in [0.3, 0.4) is 0 Å². The van der Waals surface area contributed by atoms with Crippen LogP contribution in [0.15, 0.2) is 78.2 Å². The molecule has 0 aliphatic rings. The second kappa shape index (κ2) is 9.11. The van der Waals surface area contributed by atoms with Crippen molar-refractivity contribution in [3.8, 4) is 16.3 Å². The maximum absolute atomic E-state index is 12.5. The zero-order chi connectivity index (χ0) is 20.9. The number of nitrogens with one attached hydrogen (secondary N) is 1. The molecular weight excluding hydrogens is 416 g/mol. The Labute approximate surface area is 184 Å². The molecule has 150 valence electrons. The summed E-state index contributed by atoms with van der Waals surface area (Å²) in [5, 5.41) is 6.15. The number of hydrogen-bond donors (Lipinski definition) is 1. The fraction of sp³-hybridized carbons (Fsp3) is 0.0833. The third-order valence-corrected chi connectivity index (χ3v) is 5.58. The molecule has 30 heavy (non-hydrogen) atoms. The molecule has 0 aliphatic heterocycles. The summed E-state index contributed by atoms with van der Waals surface area (Å²) in [5.74, 6) is 0.550. The molecule has 0 saturated heterocycles. The van der Waals surface area contributed by atoms with Crippen LogP contribution in [-0.2, 0) is 6.61 Å². The number of carbonyl (C=O) groups excluding carboxylic acids is 1. The number of ether oxygens (including phenoxy) is 1. The minimum atomic E-state index is -0.217. The van der Waals surface area contributed by atoms with E-state index in [-0.39, 0.29) is 5.91 Å². The molecule has 1 aromatic heterocycles. The van der Waals surface area contributed by atoms with E-state index in [1.165, 1.54) is 11.3 Å². The second-order valence-corrected chi connectivity index (χ2v) is 8.10. The number of benzene rings is 3. The average Bonchev–Trinajstić information content (AvgIpc) is 3.24. The van der Waals surface area contributed by atoms with Crippen molar-refractivity contribution in [2.24, 2.45) is 0 Å². The smallest absolute Gasteiger partial charge is 0.275 e. The van der Waals surface area contributed by atoms with E-state index in [2.05, 4.69) is 10.3 Å². The number of carbonyl (C=O) groups is 1. The van der Waals surface area contributed by atoms with Gasteiger partial charge in [0, 0.05) is 21.7 Å². The highest BCUT2D eigenvalue weighted by atomic mass is 35.5. The highest BCUT2D eigenvalue weighted by Crippen LogP contribution is 2.26. The maximum Gasteiger partial charge on any atom is 0.275 e. The summed E-state index contributed by atoms with van der Waals surface area (Å²) in [7, 11) is 0. The molecule has 4 nitrogen and oxygen atoms in total. The van der Waals surface area contributed by atoms with Gasteiger partial charge in [0.05, 0.1) is 0 Å². The molecule has 3 aromatic carbocycles. The minimum absolute atomic E-state index is 0.217. The molecule has 0 unspecified atom stereocenters. The number of thiazole rings is 1. The number of halogens is 1. The molecule has 0 aliphatic carbocycles. The number of aryl methyl sites for hydroxylation is 1. The number of hydrogen-bond acceptors (Lipinski definition) is 4. The van der Waals surface area contributed by atoms with Crippen molar-refractivity contribution >= 4 is 34.5 Å². The van der Waals surface area contributed by atoms with Crippen molar-refractivity contribution in [2.45, 2.75) is 13.5 Å². The summed E-state index contributed by atoms with van der Waals surface area (Å²) < 4.78 is 5.82. The van der Waals surface area contributed by atoms with Gasteiger partial charge in [-0.1, -0.05) is 35.9 Å². The molecule has 0 atom stereocenters. The molecule has 6 heteroatoms. The van der Waals surface area contributed by atoms with Crippen molar-refractivity contribution in [3.05, 3.63) is 100 Å². The maximum atomic E-state index is 12.5. The van der Waals surface area contributed by atoms with E-state index < -0.39 is 0 Å². The summed E-state index contributed by atoms with van der Waals surface area (Å²) >= 11 is 7.34. The number of nitrogens with zero attached hydrogens (tertiary/aromatic N) is 1. The zero-order valence-electron chi connectivity index (χ0n) is 16.3. The van der Waals surface area contributed by atoms with E-state index in [0.717, 1.165) is 33.1 Å². The number of aromatic nitrogens is 1. The normalized spacial score (nSPS) is 10.6. The van der Waals surface area contributed by atoms with Gasteiger partial charge in [-0.3, -0.25) is 4.79 Å². The van der Waals surface area contributed by atoms with Gasteiger partial charge in [0.1, 0.15) is 23.1 Å². The van der Waals surface area contributed by atoms with Crippen molar-refractivity contribution < 1.29 is 9.53 Å². The Bertz CT molecular complexity index is 1150. The van der Waals surface area contributed by atoms with Crippen molar-refractivity contribution in [2.75, 3.05) is 5.32 Å². The highest BCUT2D eigenvalue weighted by Gasteiger charge is 2.12. The minimum Gasteiger partial charge on any atom is -0.489 e. The molecule has 0 saturated carbocycles. The van der Waals surface area contributed by atoms with Gasteiger partial charge in [0.2, 0.25) is 0 Å². The summed E-state index contributed by atoms with van der Waals surface area (Å²) in [6.45, 7) is 2.45. The van der Waals surface area contributed by atoms with E-state index in [1.54, 1.807) is 5.38 Å². The zero-order valence-corrected chi connectivity index (χ0v) is 17.8. The van der Waals surface area contributed by atoms with Crippen LogP contribution >= 0.6 is 22.9 Å². The fourth-order valence-corrected chi connectivity index (χ4v) is 3.80. The Morgan fingerprint density at radius 1 is 1.07 bits per heavy atom. The first-order chi connectivity index (χ1) is 14.6. The Morgan fingerprint density at radius 2 is 1.83 bits per heavy atom. The SMILES string of the molecule is Cc1cccc(NC(=O)c2csc(-c3ccc(OCc4ccc(Cl)cc4)cc3)n2)c1. The molecule has 0 radical (unpaired) electrons. The van der Waals surface area contributed by atoms with Gasteiger partial charge < -0.3 is 10.1 Å². The van der Waals surface area contributed by atoms with Crippen LogP contribution in [0.5, 0.6) is 5.75 Å². The van der Waals surface area contributed by atoms with Crippen molar-refractivity contribution in [1.29, 1.82) is 0 Å². The molecule has 1 amide bonds. The molecule has 0 spiro atoms. The van der Waals surface area contributed by atoms with E-state index >= 15 is 0 Å². The van der Waals surface area contributed by atoms with E-state index in [4.69, 9.17) is 16.3 Å². The lowest BCUT2D eigenvalue weighted by Crippen LogP contribution is -2.12. The van der Waals surface area contributed by atoms with Crippen LogP contribution in [0.2, 0.25) is 5.02 Å². The predicted molar refractivity (Wildman–Crippen MR) is 122 cm³/mol. The fourth-order valence-electron chi connectivity index (χ4n) is 2.87. The Kier molecular flexibility index (Phi) is 6.12. The molecule has 1 N–H and O–H groups in total. The first-order valence-corrected chi connectivity index (χ1v) is 10.6. The largest absolute Gasteiger partial charge is 0.489 e. The van der Waals surface area contributed by atoms with Gasteiger partial charge in [0.15, 0.2) is 0 Å². The highest BCUT2D eigenvalue weighted by molar-refractivity contribution is 7.13. The van der Waals surface area contributed by atoms with Crippen LogP contribution in [0.4, 0.5) is 5.69 Å². The monoisotopic (exact) mass is 434 g/mol. The lowest BCUT2D eigenvalue weighted by molar-refractivity contribution is 0.102. The molecule has 1 heterocycles. The van der Waals surface area contributed by atoms with Crippen molar-refractivity contribution in [3.63, 3.8) is 0 Å². The molecule has 4 rings (SSSR count). The summed E-state index contributed by atoms with van der Waals surface area (Å²) in [6, 6.07) is 22.9. The Balaban J connectivity index is 1.39. The third kappa shape index (κ3) is 5.06. The van der Waals surface area contributed by atoms with Gasteiger partial charge >= 0.3 is 0 Å². The third-order valence-electron chi connectivity index (χ3n) is 4.43. The van der Waals surface area contributed by atoms with Gasteiger partial charge in [-0.05, 0) is 66.6 Å². The van der Waals surface area contributed by atoms with Crippen LogP contribution in [0, 0.1) is 6.92 Å². The lowest BCUT2D eigenvalue weighted by atomic mass is 10.2. The number of amides is 1. The lowest BCUT2D eigenvalue weighted by Gasteiger charge is -2.07. The standard InChI is InChI=1S/C24H19ClN2O2S/c1-16-3-2-4-20(13-16)26-23(28)22-15-30-24(27-22)18-7-11-21(12-8-18)29-14-17-5-9-19(25)10-6-17/h2-13,15H,14H2,1H3,(H,26,28). The van der Waals surface area contributed by atoms with Gasteiger partial charge in [-0.15, -0.1) is 11.3 Å². The molecular formula is C24H19ClN2O2S. The van der Waals surface area contributed by atoms with E-state index in [9.17, 15) is 4.79 Å². The first-order valence-electron chi connectivity index (χ1n) is 9.38. The quantitative estimate of drug-likeness (QED) is 0.371. The van der Waals surface area contributed by atoms with Crippen LogP contribution in [0.25, 0.3) is 10.6 Å². The predicted octanol–water partition coefficient (Wildman–Crippen LogP) is 6.60. The molecule has 0 fully saturated rings. The average molecular weight is 435 g/mol. The summed E-state index contributed by atoms with van der Waals surface area (Å²) in [6.07, 6.45) is 0. The van der Waals surface area contributed by atoms with Crippen LogP contribution in [-0.4, -0.2) is 10.9 Å². The molecule has 0 bridgehead atoms. The van der Waals surface area contributed by atoms with Crippen LogP contribution in [0.1, 0.15) is 21.6 Å². The van der Waals surface area contributed by atoms with Crippen molar-refractivity contribution in [1.82, 2.24) is 4.98 Å². The van der Waals surface area contributed by atoms with E-state index in [0.29, 0.717) is 17.3 Å². The van der Waals surface area contributed by atoms with Gasteiger partial charge in [-0.2, -0.15) is 0 Å². The number of anilines is 1.